The second kappa shape index (κ2) is 11.7. The van der Waals surface area contributed by atoms with Crippen LogP contribution in [0.4, 0.5) is 0 Å². The van der Waals surface area contributed by atoms with Gasteiger partial charge in [-0.3, -0.25) is 19.2 Å². The summed E-state index contributed by atoms with van der Waals surface area (Å²) in [6.07, 6.45) is 0.607. The highest BCUT2D eigenvalue weighted by atomic mass is 16.2. The zero-order valence-electron chi connectivity index (χ0n) is 16.2. The van der Waals surface area contributed by atoms with Crippen molar-refractivity contribution in [2.75, 3.05) is 13.1 Å². The van der Waals surface area contributed by atoms with Gasteiger partial charge in [-0.2, -0.15) is 0 Å². The maximum atomic E-state index is 12.7. The normalized spacial score (nSPS) is 12.7. The highest BCUT2D eigenvalue weighted by Gasteiger charge is 2.26. The molecule has 0 saturated carbocycles. The fourth-order valence-corrected chi connectivity index (χ4v) is 2.55. The van der Waals surface area contributed by atoms with Gasteiger partial charge in [-0.25, -0.2) is 0 Å². The first-order valence-corrected chi connectivity index (χ1v) is 9.12. The Balaban J connectivity index is 2.86. The van der Waals surface area contributed by atoms with Crippen molar-refractivity contribution < 1.29 is 19.2 Å². The molecule has 1 aromatic rings. The van der Waals surface area contributed by atoms with Crippen LogP contribution >= 0.6 is 0 Å². The molecule has 1 rings (SSSR count). The minimum atomic E-state index is -0.932. The lowest BCUT2D eigenvalue weighted by Crippen LogP contribution is -2.55. The van der Waals surface area contributed by atoms with Crippen LogP contribution in [0.15, 0.2) is 30.3 Å². The summed E-state index contributed by atoms with van der Waals surface area (Å²) in [5.41, 5.74) is 11.4. The minimum absolute atomic E-state index is 0.145. The van der Waals surface area contributed by atoms with Gasteiger partial charge in [0, 0.05) is 6.42 Å². The number of hydrogen-bond donors (Lipinski definition) is 5. The van der Waals surface area contributed by atoms with E-state index in [1.54, 1.807) is 0 Å². The lowest BCUT2D eigenvalue weighted by Gasteiger charge is -2.23. The molecule has 9 nitrogen and oxygen atoms in total. The van der Waals surface area contributed by atoms with Crippen molar-refractivity contribution >= 4 is 23.6 Å². The molecule has 0 aliphatic rings. The fraction of sp³-hybridized carbons (Fsp3) is 0.474. The fourth-order valence-electron chi connectivity index (χ4n) is 2.55. The summed E-state index contributed by atoms with van der Waals surface area (Å²) in [6, 6.07) is 7.35. The van der Waals surface area contributed by atoms with Crippen LogP contribution < -0.4 is 27.4 Å². The highest BCUT2D eigenvalue weighted by molar-refractivity contribution is 5.93. The monoisotopic (exact) mass is 391 g/mol. The quantitative estimate of drug-likeness (QED) is 0.320. The molecule has 9 heteroatoms. The van der Waals surface area contributed by atoms with Gasteiger partial charge in [0.05, 0.1) is 13.1 Å². The Kier molecular flexibility index (Phi) is 9.66. The standard InChI is InChI=1S/C19H29N5O4/c1-12(2)8-14(18(21)27)24-19(28)15(9-13-6-4-3-5-7-13)23-17(26)11-22-16(25)10-20/h3-7,12,14-15H,8-11,20H2,1-2H3,(H2,21,27)(H,22,25)(H,23,26)(H,24,28)/t14-,15-/m0/s1. The Morgan fingerprint density at radius 3 is 2.14 bits per heavy atom. The molecule has 0 aliphatic carbocycles. The SMILES string of the molecule is CC(C)C[C@H](NC(=O)[C@H](Cc1ccccc1)NC(=O)CNC(=O)CN)C(N)=O. The van der Waals surface area contributed by atoms with Crippen molar-refractivity contribution in [3.63, 3.8) is 0 Å². The summed E-state index contributed by atoms with van der Waals surface area (Å²) in [6.45, 7) is 3.27. The molecule has 28 heavy (non-hydrogen) atoms. The Labute approximate surface area is 164 Å². The van der Waals surface area contributed by atoms with Crippen LogP contribution in [0.2, 0.25) is 0 Å². The van der Waals surface area contributed by atoms with Crippen LogP contribution in [0.1, 0.15) is 25.8 Å². The van der Waals surface area contributed by atoms with Crippen LogP contribution in [0.25, 0.3) is 0 Å². The second-order valence-corrected chi connectivity index (χ2v) is 6.88. The lowest BCUT2D eigenvalue weighted by atomic mass is 10.0. The molecule has 0 saturated heterocycles. The summed E-state index contributed by atoms with van der Waals surface area (Å²) in [5.74, 6) is -2.04. The number of benzene rings is 1. The number of carbonyl (C=O) groups excluding carboxylic acids is 4. The number of nitrogens with one attached hydrogen (secondary N) is 3. The number of primary amides is 1. The van der Waals surface area contributed by atoms with Gasteiger partial charge in [-0.1, -0.05) is 44.2 Å². The molecule has 0 fully saturated rings. The highest BCUT2D eigenvalue weighted by Crippen LogP contribution is 2.07. The summed E-state index contributed by atoms with van der Waals surface area (Å²) in [7, 11) is 0. The smallest absolute Gasteiger partial charge is 0.243 e. The van der Waals surface area contributed by atoms with Crippen LogP contribution in [-0.4, -0.2) is 48.8 Å². The summed E-state index contributed by atoms with van der Waals surface area (Å²) in [5, 5.41) is 7.54. The summed E-state index contributed by atoms with van der Waals surface area (Å²) >= 11 is 0. The van der Waals surface area contributed by atoms with E-state index in [1.807, 2.05) is 44.2 Å². The van der Waals surface area contributed by atoms with Crippen LogP contribution in [0.3, 0.4) is 0 Å². The van der Waals surface area contributed by atoms with E-state index in [4.69, 9.17) is 11.5 Å². The predicted octanol–water partition coefficient (Wildman–Crippen LogP) is -1.19. The minimum Gasteiger partial charge on any atom is -0.368 e. The zero-order chi connectivity index (χ0) is 21.1. The molecule has 0 bridgehead atoms. The van der Waals surface area contributed by atoms with Crippen LogP contribution in [0, 0.1) is 5.92 Å². The van der Waals surface area contributed by atoms with E-state index in [0.717, 1.165) is 5.56 Å². The summed E-state index contributed by atoms with van der Waals surface area (Å²) in [4.78, 5) is 47.7. The van der Waals surface area contributed by atoms with Crippen molar-refractivity contribution in [1.29, 1.82) is 0 Å². The van der Waals surface area contributed by atoms with Gasteiger partial charge in [0.25, 0.3) is 0 Å². The van der Waals surface area contributed by atoms with Gasteiger partial charge >= 0.3 is 0 Å². The van der Waals surface area contributed by atoms with E-state index >= 15 is 0 Å². The molecule has 0 heterocycles. The predicted molar refractivity (Wildman–Crippen MR) is 105 cm³/mol. The van der Waals surface area contributed by atoms with E-state index in [9.17, 15) is 19.2 Å². The number of rotatable bonds is 11. The van der Waals surface area contributed by atoms with Gasteiger partial charge in [-0.15, -0.1) is 0 Å². The van der Waals surface area contributed by atoms with Gasteiger partial charge in [0.1, 0.15) is 12.1 Å². The summed E-state index contributed by atoms with van der Waals surface area (Å²) < 4.78 is 0. The van der Waals surface area contributed by atoms with Crippen molar-refractivity contribution in [3.05, 3.63) is 35.9 Å². The first-order valence-electron chi connectivity index (χ1n) is 9.12. The van der Waals surface area contributed by atoms with Crippen molar-refractivity contribution in [2.45, 2.75) is 38.8 Å². The van der Waals surface area contributed by atoms with Crippen molar-refractivity contribution in [1.82, 2.24) is 16.0 Å². The molecule has 0 unspecified atom stereocenters. The molecule has 2 atom stereocenters. The molecule has 0 radical (unpaired) electrons. The van der Waals surface area contributed by atoms with E-state index in [-0.39, 0.29) is 25.4 Å². The topological polar surface area (TPSA) is 156 Å². The van der Waals surface area contributed by atoms with Crippen molar-refractivity contribution in [3.8, 4) is 0 Å². The second-order valence-electron chi connectivity index (χ2n) is 6.88. The molecule has 0 aliphatic heterocycles. The number of nitrogens with two attached hydrogens (primary N) is 2. The van der Waals surface area contributed by atoms with Crippen LogP contribution in [-0.2, 0) is 25.6 Å². The van der Waals surface area contributed by atoms with E-state index in [2.05, 4.69) is 16.0 Å². The first-order chi connectivity index (χ1) is 13.2. The molecule has 1 aromatic carbocycles. The number of hydrogen-bond acceptors (Lipinski definition) is 5. The van der Waals surface area contributed by atoms with Crippen LogP contribution in [0.5, 0.6) is 0 Å². The Bertz CT molecular complexity index is 678. The molecule has 4 amide bonds. The third-order valence-corrected chi connectivity index (χ3v) is 3.93. The molecule has 7 N–H and O–H groups in total. The average molecular weight is 391 g/mol. The zero-order valence-corrected chi connectivity index (χ0v) is 16.2. The molecule has 0 aromatic heterocycles. The van der Waals surface area contributed by atoms with Gasteiger partial charge in [0.2, 0.25) is 23.6 Å². The third-order valence-electron chi connectivity index (χ3n) is 3.93. The van der Waals surface area contributed by atoms with E-state index in [0.29, 0.717) is 6.42 Å². The third kappa shape index (κ3) is 8.63. The molecular formula is C19H29N5O4. The Morgan fingerprint density at radius 1 is 0.964 bits per heavy atom. The Hall–Kier alpha value is -2.94. The molecule has 154 valence electrons. The van der Waals surface area contributed by atoms with Gasteiger partial charge in [0.15, 0.2) is 0 Å². The number of amides is 4. The maximum Gasteiger partial charge on any atom is 0.243 e. The molecular weight excluding hydrogens is 362 g/mol. The van der Waals surface area contributed by atoms with E-state index < -0.39 is 35.7 Å². The van der Waals surface area contributed by atoms with Gasteiger partial charge < -0.3 is 27.4 Å². The largest absolute Gasteiger partial charge is 0.368 e. The molecule has 0 spiro atoms. The number of carbonyl (C=O) groups is 4. The van der Waals surface area contributed by atoms with Gasteiger partial charge in [-0.05, 0) is 17.9 Å². The maximum absolute atomic E-state index is 12.7. The van der Waals surface area contributed by atoms with E-state index in [1.165, 1.54) is 0 Å². The average Bonchev–Trinajstić information content (AvgIpc) is 2.65. The lowest BCUT2D eigenvalue weighted by molar-refractivity contribution is -0.131. The first kappa shape index (κ1) is 23.1. The Morgan fingerprint density at radius 2 is 1.61 bits per heavy atom. The van der Waals surface area contributed by atoms with Crippen molar-refractivity contribution in [2.24, 2.45) is 17.4 Å².